The normalized spacial score (nSPS) is 22.0. The van der Waals surface area contributed by atoms with Crippen LogP contribution in [0.5, 0.6) is 5.75 Å². The molecule has 1 saturated carbocycles. The first-order valence-electron chi connectivity index (χ1n) is 7.68. The molecule has 2 rings (SSSR count). The SMILES string of the molecule is CC1CCCC(OCCOc2ccc(CC(=O)O)cc2)C1. The van der Waals surface area contributed by atoms with Crippen molar-refractivity contribution in [1.82, 2.24) is 0 Å². The Morgan fingerprint density at radius 2 is 2.00 bits per heavy atom. The van der Waals surface area contributed by atoms with Gasteiger partial charge in [0.05, 0.1) is 19.1 Å². The molecular formula is C17H24O4. The van der Waals surface area contributed by atoms with E-state index in [9.17, 15) is 4.79 Å². The summed E-state index contributed by atoms with van der Waals surface area (Å²) in [7, 11) is 0. The second kappa shape index (κ2) is 8.03. The van der Waals surface area contributed by atoms with Crippen molar-refractivity contribution in [3.63, 3.8) is 0 Å². The van der Waals surface area contributed by atoms with Crippen LogP contribution < -0.4 is 4.74 Å². The van der Waals surface area contributed by atoms with Gasteiger partial charge in [-0.15, -0.1) is 0 Å². The average molecular weight is 292 g/mol. The molecular weight excluding hydrogens is 268 g/mol. The number of hydrogen-bond acceptors (Lipinski definition) is 3. The third kappa shape index (κ3) is 5.76. The molecule has 1 aromatic rings. The molecule has 0 spiro atoms. The van der Waals surface area contributed by atoms with Gasteiger partial charge in [0.15, 0.2) is 0 Å². The Labute approximate surface area is 126 Å². The summed E-state index contributed by atoms with van der Waals surface area (Å²) >= 11 is 0. The molecule has 0 aliphatic heterocycles. The number of hydrogen-bond donors (Lipinski definition) is 1. The highest BCUT2D eigenvalue weighted by molar-refractivity contribution is 5.70. The van der Waals surface area contributed by atoms with E-state index >= 15 is 0 Å². The first-order valence-corrected chi connectivity index (χ1v) is 7.68. The number of benzene rings is 1. The van der Waals surface area contributed by atoms with Gasteiger partial charge in [-0.3, -0.25) is 4.79 Å². The van der Waals surface area contributed by atoms with Crippen LogP contribution in [0.4, 0.5) is 0 Å². The summed E-state index contributed by atoms with van der Waals surface area (Å²) in [5.74, 6) is 0.704. The smallest absolute Gasteiger partial charge is 0.307 e. The third-order valence-electron chi connectivity index (χ3n) is 3.87. The summed E-state index contributed by atoms with van der Waals surface area (Å²) in [5.41, 5.74) is 0.780. The topological polar surface area (TPSA) is 55.8 Å². The van der Waals surface area contributed by atoms with Crippen molar-refractivity contribution in [3.05, 3.63) is 29.8 Å². The maximum atomic E-state index is 10.6. The number of ether oxygens (including phenoxy) is 2. The van der Waals surface area contributed by atoms with Crippen LogP contribution >= 0.6 is 0 Å². The zero-order valence-corrected chi connectivity index (χ0v) is 12.6. The van der Waals surface area contributed by atoms with Gasteiger partial charge in [0, 0.05) is 0 Å². The predicted molar refractivity (Wildman–Crippen MR) is 80.6 cm³/mol. The Hall–Kier alpha value is -1.55. The Morgan fingerprint density at radius 3 is 2.67 bits per heavy atom. The highest BCUT2D eigenvalue weighted by Gasteiger charge is 2.18. The van der Waals surface area contributed by atoms with Gasteiger partial charge in [-0.25, -0.2) is 0 Å². The summed E-state index contributed by atoms with van der Waals surface area (Å²) in [5, 5.41) is 8.70. The summed E-state index contributed by atoms with van der Waals surface area (Å²) in [6, 6.07) is 7.18. The van der Waals surface area contributed by atoms with Crippen LogP contribution in [0.25, 0.3) is 0 Å². The molecule has 4 heteroatoms. The van der Waals surface area contributed by atoms with Gasteiger partial charge in [0.25, 0.3) is 0 Å². The van der Waals surface area contributed by atoms with Crippen LogP contribution in [0.3, 0.4) is 0 Å². The standard InChI is InChI=1S/C17H24O4/c1-13-3-2-4-16(11-13)21-10-9-20-15-7-5-14(6-8-15)12-17(18)19/h5-8,13,16H,2-4,9-12H2,1H3,(H,18,19). The van der Waals surface area contributed by atoms with Crippen molar-refractivity contribution in [3.8, 4) is 5.75 Å². The van der Waals surface area contributed by atoms with Crippen molar-refractivity contribution in [2.45, 2.75) is 45.1 Å². The fraction of sp³-hybridized carbons (Fsp3) is 0.588. The van der Waals surface area contributed by atoms with Crippen molar-refractivity contribution >= 4 is 5.97 Å². The van der Waals surface area contributed by atoms with Crippen LogP contribution in [-0.2, 0) is 16.0 Å². The van der Waals surface area contributed by atoms with Gasteiger partial charge < -0.3 is 14.6 Å². The number of rotatable bonds is 7. The van der Waals surface area contributed by atoms with Gasteiger partial charge in [0.2, 0.25) is 0 Å². The third-order valence-corrected chi connectivity index (χ3v) is 3.87. The molecule has 1 aromatic carbocycles. The molecule has 0 aromatic heterocycles. The molecule has 0 saturated heterocycles. The van der Waals surface area contributed by atoms with E-state index in [0.29, 0.717) is 19.3 Å². The van der Waals surface area contributed by atoms with Gasteiger partial charge in [-0.05, 0) is 36.5 Å². The first kappa shape index (κ1) is 15.8. The first-order chi connectivity index (χ1) is 10.1. The highest BCUT2D eigenvalue weighted by atomic mass is 16.5. The van der Waals surface area contributed by atoms with Crippen molar-refractivity contribution < 1.29 is 19.4 Å². The lowest BCUT2D eigenvalue weighted by atomic mass is 9.89. The summed E-state index contributed by atoms with van der Waals surface area (Å²) in [6.45, 7) is 3.42. The molecule has 1 aliphatic rings. The molecule has 116 valence electrons. The maximum Gasteiger partial charge on any atom is 0.307 e. The number of carboxylic acids is 1. The van der Waals surface area contributed by atoms with E-state index in [1.807, 2.05) is 0 Å². The van der Waals surface area contributed by atoms with E-state index < -0.39 is 5.97 Å². The minimum atomic E-state index is -0.821. The molecule has 2 atom stereocenters. The molecule has 1 aliphatic carbocycles. The van der Waals surface area contributed by atoms with Gasteiger partial charge >= 0.3 is 5.97 Å². The number of carboxylic acid groups (broad SMARTS) is 1. The van der Waals surface area contributed by atoms with Gasteiger partial charge in [0.1, 0.15) is 12.4 Å². The molecule has 0 amide bonds. The molecule has 0 bridgehead atoms. The lowest BCUT2D eigenvalue weighted by Gasteiger charge is -2.26. The molecule has 2 unspecified atom stereocenters. The van der Waals surface area contributed by atoms with Crippen LogP contribution in [0, 0.1) is 5.92 Å². The summed E-state index contributed by atoms with van der Waals surface area (Å²) in [4.78, 5) is 10.6. The Morgan fingerprint density at radius 1 is 1.24 bits per heavy atom. The zero-order valence-electron chi connectivity index (χ0n) is 12.6. The van der Waals surface area contributed by atoms with Crippen LogP contribution in [-0.4, -0.2) is 30.4 Å². The van der Waals surface area contributed by atoms with Gasteiger partial charge in [-0.1, -0.05) is 31.9 Å². The van der Waals surface area contributed by atoms with Crippen molar-refractivity contribution in [2.75, 3.05) is 13.2 Å². The Balaban J connectivity index is 1.65. The number of carbonyl (C=O) groups is 1. The monoisotopic (exact) mass is 292 g/mol. The van der Waals surface area contributed by atoms with E-state index in [-0.39, 0.29) is 6.42 Å². The average Bonchev–Trinajstić information content (AvgIpc) is 2.45. The summed E-state index contributed by atoms with van der Waals surface area (Å²) < 4.78 is 11.5. The lowest BCUT2D eigenvalue weighted by Crippen LogP contribution is -2.23. The Kier molecular flexibility index (Phi) is 6.05. The molecule has 4 nitrogen and oxygen atoms in total. The van der Waals surface area contributed by atoms with Crippen molar-refractivity contribution in [1.29, 1.82) is 0 Å². The molecule has 0 heterocycles. The van der Waals surface area contributed by atoms with E-state index in [1.54, 1.807) is 24.3 Å². The number of aliphatic carboxylic acids is 1. The quantitative estimate of drug-likeness (QED) is 0.784. The van der Waals surface area contributed by atoms with E-state index in [4.69, 9.17) is 14.6 Å². The van der Waals surface area contributed by atoms with E-state index in [0.717, 1.165) is 30.1 Å². The van der Waals surface area contributed by atoms with Crippen molar-refractivity contribution in [2.24, 2.45) is 5.92 Å². The molecule has 21 heavy (non-hydrogen) atoms. The maximum absolute atomic E-state index is 10.6. The van der Waals surface area contributed by atoms with Crippen LogP contribution in [0.15, 0.2) is 24.3 Å². The minimum Gasteiger partial charge on any atom is -0.491 e. The largest absolute Gasteiger partial charge is 0.491 e. The molecule has 1 N–H and O–H groups in total. The van der Waals surface area contributed by atoms with E-state index in [2.05, 4.69) is 6.92 Å². The zero-order chi connectivity index (χ0) is 15.1. The van der Waals surface area contributed by atoms with E-state index in [1.165, 1.54) is 12.8 Å². The van der Waals surface area contributed by atoms with Crippen LogP contribution in [0.1, 0.15) is 38.2 Å². The fourth-order valence-electron chi connectivity index (χ4n) is 2.78. The second-order valence-corrected chi connectivity index (χ2v) is 5.83. The highest BCUT2D eigenvalue weighted by Crippen LogP contribution is 2.25. The Bertz CT molecular complexity index is 441. The van der Waals surface area contributed by atoms with Crippen LogP contribution in [0.2, 0.25) is 0 Å². The second-order valence-electron chi connectivity index (χ2n) is 5.83. The summed E-state index contributed by atoms with van der Waals surface area (Å²) in [6.07, 6.45) is 5.33. The predicted octanol–water partition coefficient (Wildman–Crippen LogP) is 3.29. The molecule has 0 radical (unpaired) electrons. The fourth-order valence-corrected chi connectivity index (χ4v) is 2.78. The minimum absolute atomic E-state index is 0.0449. The lowest BCUT2D eigenvalue weighted by molar-refractivity contribution is -0.136. The molecule has 1 fully saturated rings. The van der Waals surface area contributed by atoms with Gasteiger partial charge in [-0.2, -0.15) is 0 Å².